The Balaban J connectivity index is 1.77. The Morgan fingerprint density at radius 2 is 1.70 bits per heavy atom. The predicted molar refractivity (Wildman–Crippen MR) is 105 cm³/mol. The summed E-state index contributed by atoms with van der Waals surface area (Å²) in [7, 11) is -3.26. The molecule has 0 aliphatic carbocycles. The Kier molecular flexibility index (Phi) is 5.78. The molecule has 0 aromatic carbocycles. The van der Waals surface area contributed by atoms with Gasteiger partial charge in [0.25, 0.3) is 0 Å². The van der Waals surface area contributed by atoms with Gasteiger partial charge in [-0.3, -0.25) is 14.4 Å². The van der Waals surface area contributed by atoms with E-state index < -0.39 is 39.7 Å². The minimum Gasteiger partial charge on any atom is -0.290 e. The molecule has 172 valence electrons. The number of thioether (sulfide) groups is 1. The van der Waals surface area contributed by atoms with E-state index in [1.165, 1.54) is 10.6 Å². The number of imidazole rings is 1. The van der Waals surface area contributed by atoms with Crippen LogP contribution in [0.4, 0.5) is 26.3 Å². The third kappa shape index (κ3) is 5.08. The van der Waals surface area contributed by atoms with Crippen LogP contribution in [-0.4, -0.2) is 38.3 Å². The van der Waals surface area contributed by atoms with Gasteiger partial charge >= 0.3 is 11.7 Å². The van der Waals surface area contributed by atoms with Crippen LogP contribution in [0.3, 0.4) is 0 Å². The molecule has 7 nitrogen and oxygen atoms in total. The second kappa shape index (κ2) is 8.30. The van der Waals surface area contributed by atoms with Gasteiger partial charge < -0.3 is 0 Å². The summed E-state index contributed by atoms with van der Waals surface area (Å²) >= 11 is -0.433. The lowest BCUT2D eigenvalue weighted by Gasteiger charge is -2.09. The molecule has 15 heteroatoms. The van der Waals surface area contributed by atoms with E-state index in [4.69, 9.17) is 0 Å². The number of aromatic nitrogens is 5. The molecule has 0 amide bonds. The molecule has 0 N–H and O–H groups in total. The van der Waals surface area contributed by atoms with E-state index >= 15 is 0 Å². The van der Waals surface area contributed by atoms with Gasteiger partial charge in [0, 0.05) is 42.0 Å². The van der Waals surface area contributed by atoms with Crippen molar-refractivity contribution >= 4 is 28.1 Å². The quantitative estimate of drug-likeness (QED) is 0.190. The Hall–Kier alpha value is -3.20. The molecular formula is C18H9F6N5O2S2. The zero-order valence-corrected chi connectivity index (χ0v) is 17.5. The topological polar surface area (TPSA) is 90.1 Å². The van der Waals surface area contributed by atoms with E-state index in [1.807, 2.05) is 0 Å². The summed E-state index contributed by atoms with van der Waals surface area (Å²) in [5, 5.41) is -0.360. The second-order valence-electron chi connectivity index (χ2n) is 6.44. The highest BCUT2D eigenvalue weighted by molar-refractivity contribution is 8.00. The van der Waals surface area contributed by atoms with Crippen LogP contribution in [0.2, 0.25) is 0 Å². The number of fused-ring (bicyclic) bond motifs is 1. The van der Waals surface area contributed by atoms with Gasteiger partial charge in [0.1, 0.15) is 28.4 Å². The monoisotopic (exact) mass is 505 g/mol. The van der Waals surface area contributed by atoms with Crippen LogP contribution in [0.25, 0.3) is 28.3 Å². The standard InChI is InChI=1S/C18H9F6N5O2S2/c19-17(20,21)10-1-2-25-11(4-10)9-3-13(33(30)31)16(26-6-9)12-7-29-8-27-15(5-14(29)28-12)32-18(22,23)24/h1-8,33H. The van der Waals surface area contributed by atoms with Crippen molar-refractivity contribution in [1.29, 1.82) is 0 Å². The maximum Gasteiger partial charge on any atom is 0.447 e. The first-order valence-corrected chi connectivity index (χ1v) is 10.7. The number of pyridine rings is 2. The summed E-state index contributed by atoms with van der Waals surface area (Å²) in [5.74, 6) is 0. The van der Waals surface area contributed by atoms with Crippen molar-refractivity contribution in [3.8, 4) is 22.6 Å². The summed E-state index contributed by atoms with van der Waals surface area (Å²) in [5.41, 5.74) is -5.69. The van der Waals surface area contributed by atoms with Gasteiger partial charge in [0.15, 0.2) is 10.7 Å². The second-order valence-corrected chi connectivity index (χ2v) is 8.52. The summed E-state index contributed by atoms with van der Waals surface area (Å²) in [6.07, 6.45) is -0.150. The first-order chi connectivity index (χ1) is 15.4. The highest BCUT2D eigenvalue weighted by Gasteiger charge is 2.31. The molecule has 0 aliphatic rings. The van der Waals surface area contributed by atoms with Gasteiger partial charge in [-0.25, -0.2) is 18.4 Å². The summed E-state index contributed by atoms with van der Waals surface area (Å²) < 4.78 is 102. The summed E-state index contributed by atoms with van der Waals surface area (Å²) in [6.45, 7) is 0. The molecule has 0 spiro atoms. The molecule has 4 aromatic rings. The number of alkyl halides is 6. The number of halogens is 6. The molecule has 0 saturated carbocycles. The normalized spacial score (nSPS) is 12.6. The van der Waals surface area contributed by atoms with Crippen LogP contribution in [0.5, 0.6) is 0 Å². The zero-order valence-electron chi connectivity index (χ0n) is 15.8. The Morgan fingerprint density at radius 3 is 2.36 bits per heavy atom. The first kappa shape index (κ1) is 23.0. The van der Waals surface area contributed by atoms with Crippen molar-refractivity contribution in [2.75, 3.05) is 0 Å². The van der Waals surface area contributed by atoms with Gasteiger partial charge in [-0.15, -0.1) is 0 Å². The fourth-order valence-corrected chi connectivity index (χ4v) is 3.95. The number of thiol groups is 1. The molecule has 33 heavy (non-hydrogen) atoms. The van der Waals surface area contributed by atoms with Gasteiger partial charge in [-0.2, -0.15) is 26.3 Å². The highest BCUT2D eigenvalue weighted by atomic mass is 32.2. The van der Waals surface area contributed by atoms with E-state index in [2.05, 4.69) is 19.9 Å². The SMILES string of the molecule is O=[SH](=O)c1cc(-c2cc(C(F)(F)F)ccn2)cnc1-c1cn2cnc(SC(F)(F)F)cc2n1. The summed E-state index contributed by atoms with van der Waals surface area (Å²) in [4.78, 5) is 15.3. The Morgan fingerprint density at radius 1 is 0.939 bits per heavy atom. The fourth-order valence-electron chi connectivity index (χ4n) is 2.86. The molecule has 0 bridgehead atoms. The maximum atomic E-state index is 13.0. The van der Waals surface area contributed by atoms with Crippen molar-refractivity contribution in [2.45, 2.75) is 21.6 Å². The minimum atomic E-state index is -4.62. The third-order valence-electron chi connectivity index (χ3n) is 4.23. The summed E-state index contributed by atoms with van der Waals surface area (Å²) in [6, 6.07) is 3.70. The number of hydrogen-bond donors (Lipinski definition) is 1. The number of rotatable bonds is 4. The largest absolute Gasteiger partial charge is 0.447 e. The Bertz CT molecular complexity index is 1420. The van der Waals surface area contributed by atoms with Gasteiger partial charge in [0.2, 0.25) is 0 Å². The van der Waals surface area contributed by atoms with E-state index in [-0.39, 0.29) is 38.2 Å². The minimum absolute atomic E-state index is 0.0173. The maximum absolute atomic E-state index is 13.0. The van der Waals surface area contributed by atoms with Crippen LogP contribution in [-0.2, 0) is 16.9 Å². The van der Waals surface area contributed by atoms with Crippen molar-refractivity contribution in [1.82, 2.24) is 24.3 Å². The molecule has 4 heterocycles. The van der Waals surface area contributed by atoms with Gasteiger partial charge in [-0.05, 0) is 18.2 Å². The molecule has 0 aliphatic heterocycles. The van der Waals surface area contributed by atoms with Crippen LogP contribution in [0, 0.1) is 0 Å². The van der Waals surface area contributed by atoms with E-state index in [1.54, 1.807) is 0 Å². The lowest BCUT2D eigenvalue weighted by molar-refractivity contribution is -0.137. The van der Waals surface area contributed by atoms with Crippen molar-refractivity contribution in [3.63, 3.8) is 0 Å². The lowest BCUT2D eigenvalue weighted by atomic mass is 10.1. The predicted octanol–water partition coefficient (Wildman–Crippen LogP) is 4.45. The average Bonchev–Trinajstić information content (AvgIpc) is 3.15. The van der Waals surface area contributed by atoms with Crippen molar-refractivity contribution < 1.29 is 34.8 Å². The fraction of sp³-hybridized carbons (Fsp3) is 0.111. The zero-order chi connectivity index (χ0) is 24.0. The van der Waals surface area contributed by atoms with E-state index in [9.17, 15) is 34.8 Å². The van der Waals surface area contributed by atoms with E-state index in [0.717, 1.165) is 43.0 Å². The number of nitrogens with zero attached hydrogens (tertiary/aromatic N) is 5. The Labute approximate surface area is 186 Å². The molecule has 0 radical (unpaired) electrons. The first-order valence-electron chi connectivity index (χ1n) is 8.69. The molecular weight excluding hydrogens is 496 g/mol. The lowest BCUT2D eigenvalue weighted by Crippen LogP contribution is -2.05. The molecule has 0 unspecified atom stereocenters. The third-order valence-corrected chi connectivity index (χ3v) is 5.63. The van der Waals surface area contributed by atoms with E-state index in [0.29, 0.717) is 0 Å². The highest BCUT2D eigenvalue weighted by Crippen LogP contribution is 2.36. The smallest absolute Gasteiger partial charge is 0.290 e. The molecule has 0 atom stereocenters. The van der Waals surface area contributed by atoms with Crippen LogP contribution in [0.15, 0.2) is 59.1 Å². The van der Waals surface area contributed by atoms with Crippen LogP contribution in [0.1, 0.15) is 5.56 Å². The van der Waals surface area contributed by atoms with Crippen molar-refractivity contribution in [3.05, 3.63) is 54.7 Å². The molecule has 4 rings (SSSR count). The van der Waals surface area contributed by atoms with Crippen LogP contribution >= 0.6 is 11.8 Å². The average molecular weight is 505 g/mol. The van der Waals surface area contributed by atoms with Crippen molar-refractivity contribution in [2.24, 2.45) is 0 Å². The molecule has 4 aromatic heterocycles. The van der Waals surface area contributed by atoms with Gasteiger partial charge in [-0.1, -0.05) is 0 Å². The molecule has 0 fully saturated rings. The van der Waals surface area contributed by atoms with Crippen LogP contribution < -0.4 is 0 Å². The van der Waals surface area contributed by atoms with Gasteiger partial charge in [0.05, 0.1) is 16.2 Å². The molecule has 0 saturated heterocycles. The number of hydrogen-bond acceptors (Lipinski definition) is 7.